The van der Waals surface area contributed by atoms with E-state index in [4.69, 9.17) is 9.47 Å². The molecule has 4 heterocycles. The zero-order chi connectivity index (χ0) is 29.1. The molecule has 1 saturated heterocycles. The van der Waals surface area contributed by atoms with Crippen LogP contribution in [0, 0.1) is 0 Å². The third-order valence-electron chi connectivity index (χ3n) is 7.03. The van der Waals surface area contributed by atoms with Gasteiger partial charge in [0.25, 0.3) is 0 Å². The van der Waals surface area contributed by atoms with Gasteiger partial charge < -0.3 is 19.7 Å². The molecule has 2 aromatic carbocycles. The van der Waals surface area contributed by atoms with Gasteiger partial charge in [-0.15, -0.1) is 0 Å². The maximum Gasteiger partial charge on any atom is 0.413 e. The highest BCUT2D eigenvalue weighted by Crippen LogP contribution is 2.34. The van der Waals surface area contributed by atoms with Gasteiger partial charge in [-0.2, -0.15) is 5.10 Å². The van der Waals surface area contributed by atoms with Gasteiger partial charge in [-0.25, -0.2) is 14.8 Å². The number of hydrogen-bond acceptors (Lipinski definition) is 9. The van der Waals surface area contributed by atoms with Crippen LogP contribution in [-0.2, 0) is 16.1 Å². The molecule has 0 bridgehead atoms. The van der Waals surface area contributed by atoms with Gasteiger partial charge >= 0.3 is 6.09 Å². The van der Waals surface area contributed by atoms with Crippen molar-refractivity contribution in [2.24, 2.45) is 0 Å². The number of carbonyl (C=O) groups is 2. The second-order valence-electron chi connectivity index (χ2n) is 9.68. The van der Waals surface area contributed by atoms with Gasteiger partial charge in [0, 0.05) is 41.7 Å². The average Bonchev–Trinajstić information content (AvgIpc) is 3.64. The van der Waals surface area contributed by atoms with Crippen LogP contribution in [0.4, 0.5) is 22.0 Å². The van der Waals surface area contributed by atoms with Crippen molar-refractivity contribution in [3.05, 3.63) is 85.6 Å². The van der Waals surface area contributed by atoms with Crippen molar-refractivity contribution in [3.8, 4) is 5.75 Å². The Labute approximate surface area is 241 Å². The number of methoxy groups -OCH3 is 1. The maximum atomic E-state index is 12.8. The highest BCUT2D eigenvalue weighted by atomic mass is 16.6. The Morgan fingerprint density at radius 1 is 1.14 bits per heavy atom. The van der Waals surface area contributed by atoms with Gasteiger partial charge in [-0.05, 0) is 48.9 Å². The number of amides is 2. The number of fused-ring (bicyclic) bond motifs is 2. The Balaban J connectivity index is 1.24. The lowest BCUT2D eigenvalue weighted by Gasteiger charge is -2.23. The summed E-state index contributed by atoms with van der Waals surface area (Å²) >= 11 is 0. The number of aromatic nitrogens is 5. The van der Waals surface area contributed by atoms with Gasteiger partial charge in [0.15, 0.2) is 6.23 Å². The highest BCUT2D eigenvalue weighted by molar-refractivity contribution is 5.98. The summed E-state index contributed by atoms with van der Waals surface area (Å²) in [5.41, 5.74) is 3.69. The lowest BCUT2D eigenvalue weighted by Crippen LogP contribution is -2.38. The largest absolute Gasteiger partial charge is 0.494 e. The molecule has 42 heavy (non-hydrogen) atoms. The molecule has 5 aromatic rings. The van der Waals surface area contributed by atoms with Crippen molar-refractivity contribution in [3.63, 3.8) is 0 Å². The van der Waals surface area contributed by atoms with Crippen LogP contribution in [0.25, 0.3) is 21.8 Å². The predicted molar refractivity (Wildman–Crippen MR) is 157 cm³/mol. The Morgan fingerprint density at radius 2 is 2.05 bits per heavy atom. The number of benzene rings is 2. The van der Waals surface area contributed by atoms with E-state index in [-0.39, 0.29) is 5.91 Å². The Bertz CT molecular complexity index is 1790. The van der Waals surface area contributed by atoms with E-state index in [0.717, 1.165) is 28.7 Å². The van der Waals surface area contributed by atoms with Gasteiger partial charge in [0.2, 0.25) is 5.91 Å². The number of hydrogen-bond donors (Lipinski definition) is 2. The van der Waals surface area contributed by atoms with Crippen LogP contribution in [0.3, 0.4) is 0 Å². The smallest absolute Gasteiger partial charge is 0.413 e. The van der Waals surface area contributed by atoms with Crippen molar-refractivity contribution in [2.45, 2.75) is 25.6 Å². The first-order valence-electron chi connectivity index (χ1n) is 13.4. The first kappa shape index (κ1) is 26.7. The summed E-state index contributed by atoms with van der Waals surface area (Å²) in [5.74, 6) is 0.661. The lowest BCUT2D eigenvalue weighted by atomic mass is 10.1. The Morgan fingerprint density at radius 3 is 2.86 bits per heavy atom. The minimum Gasteiger partial charge on any atom is -0.494 e. The maximum absolute atomic E-state index is 12.8. The minimum atomic E-state index is -0.707. The molecule has 0 saturated carbocycles. The zero-order valence-corrected chi connectivity index (χ0v) is 22.9. The molecule has 0 spiro atoms. The van der Waals surface area contributed by atoms with Gasteiger partial charge in [-0.3, -0.25) is 19.8 Å². The zero-order valence-electron chi connectivity index (χ0n) is 22.9. The fraction of sp³-hybridized carbons (Fsp3) is 0.200. The van der Waals surface area contributed by atoms with Crippen molar-refractivity contribution in [1.82, 2.24) is 29.6 Å². The average molecular weight is 565 g/mol. The first-order valence-corrected chi connectivity index (χ1v) is 13.4. The molecule has 0 aliphatic carbocycles. The molecule has 212 valence electrons. The van der Waals surface area contributed by atoms with Crippen LogP contribution >= 0.6 is 0 Å². The molecule has 6 rings (SSSR count). The fourth-order valence-electron chi connectivity index (χ4n) is 5.01. The number of pyridine rings is 1. The Hall–Kier alpha value is -5.52. The topological polar surface area (TPSA) is 136 Å². The highest BCUT2D eigenvalue weighted by Gasteiger charge is 2.30. The molecular formula is C30H28N8O4. The van der Waals surface area contributed by atoms with E-state index >= 15 is 0 Å². The summed E-state index contributed by atoms with van der Waals surface area (Å²) < 4.78 is 13.0. The number of carbonyl (C=O) groups excluding carboxylic acids is 2. The normalized spacial score (nSPS) is 14.6. The number of anilines is 3. The summed E-state index contributed by atoms with van der Waals surface area (Å²) in [6.07, 6.45) is 6.17. The summed E-state index contributed by atoms with van der Waals surface area (Å²) in [7, 11) is 1.50. The molecule has 12 heteroatoms. The van der Waals surface area contributed by atoms with E-state index in [2.05, 4.69) is 37.3 Å². The number of likely N-dealkylation sites (tertiary alicyclic amines) is 1. The van der Waals surface area contributed by atoms with Crippen LogP contribution in [0.1, 0.15) is 18.5 Å². The SMILES string of the molecule is C=CC(=O)N1CCC[C@@H]1OC(=O)Nc1cc2c(Nc3ccc4c(cnn4Cc4ccccn4)c3)ncnc2cc1OC. The molecular weight excluding hydrogens is 536 g/mol. The number of ether oxygens (including phenoxy) is 2. The van der Waals surface area contributed by atoms with Gasteiger partial charge in [-0.1, -0.05) is 12.6 Å². The van der Waals surface area contributed by atoms with Crippen molar-refractivity contribution >= 4 is 51.0 Å². The predicted octanol–water partition coefficient (Wildman–Crippen LogP) is 4.86. The van der Waals surface area contributed by atoms with Crippen LogP contribution in [0.15, 0.2) is 79.9 Å². The van der Waals surface area contributed by atoms with E-state index in [0.29, 0.717) is 47.7 Å². The molecule has 12 nitrogen and oxygen atoms in total. The van der Waals surface area contributed by atoms with E-state index in [9.17, 15) is 9.59 Å². The van der Waals surface area contributed by atoms with Crippen molar-refractivity contribution in [1.29, 1.82) is 0 Å². The van der Waals surface area contributed by atoms with Crippen LogP contribution in [0.5, 0.6) is 5.75 Å². The van der Waals surface area contributed by atoms with Crippen LogP contribution < -0.4 is 15.4 Å². The number of rotatable bonds is 8. The van der Waals surface area contributed by atoms with E-state index in [1.165, 1.54) is 24.4 Å². The molecule has 3 aromatic heterocycles. The minimum absolute atomic E-state index is 0.278. The van der Waals surface area contributed by atoms with Crippen molar-refractivity contribution in [2.75, 3.05) is 24.3 Å². The monoisotopic (exact) mass is 564 g/mol. The van der Waals surface area contributed by atoms with Gasteiger partial charge in [0.1, 0.15) is 17.9 Å². The van der Waals surface area contributed by atoms with E-state index in [1.54, 1.807) is 18.3 Å². The number of nitrogens with zero attached hydrogens (tertiary/aromatic N) is 6. The summed E-state index contributed by atoms with van der Waals surface area (Å²) in [6, 6.07) is 15.2. The van der Waals surface area contributed by atoms with E-state index < -0.39 is 12.3 Å². The summed E-state index contributed by atoms with van der Waals surface area (Å²) in [5, 5.41) is 12.3. The first-order chi connectivity index (χ1) is 20.5. The quantitative estimate of drug-likeness (QED) is 0.253. The lowest BCUT2D eigenvalue weighted by molar-refractivity contribution is -0.132. The van der Waals surface area contributed by atoms with Gasteiger partial charge in [0.05, 0.1) is 42.3 Å². The second-order valence-corrected chi connectivity index (χ2v) is 9.68. The molecule has 1 aliphatic heterocycles. The molecule has 0 unspecified atom stereocenters. The third kappa shape index (κ3) is 5.42. The summed E-state index contributed by atoms with van der Waals surface area (Å²) in [4.78, 5) is 39.6. The molecule has 2 N–H and O–H groups in total. The summed E-state index contributed by atoms with van der Waals surface area (Å²) in [6.45, 7) is 4.59. The standard InChI is InChI=1S/C30H28N8O4/c1-3-27(39)37-12-6-8-28(37)42-30(40)36-24-14-22-23(15-26(24)41-2)32-18-33-29(22)35-20-9-10-25-19(13-20)16-34-38(25)17-21-7-4-5-11-31-21/h3-5,7,9-11,13-16,18,28H,1,6,8,12,17H2,2H3,(H,36,40)(H,32,33,35)/t28-/m0/s1. The van der Waals surface area contributed by atoms with Crippen molar-refractivity contribution < 1.29 is 19.1 Å². The second kappa shape index (κ2) is 11.5. The fourth-order valence-corrected chi connectivity index (χ4v) is 5.01. The number of nitrogens with one attached hydrogen (secondary N) is 2. The molecule has 1 aliphatic rings. The third-order valence-corrected chi connectivity index (χ3v) is 7.03. The molecule has 2 amide bonds. The molecule has 1 atom stereocenters. The van der Waals surface area contributed by atoms with Crippen LogP contribution in [-0.4, -0.2) is 61.5 Å². The van der Waals surface area contributed by atoms with Crippen LogP contribution in [0.2, 0.25) is 0 Å². The molecule has 1 fully saturated rings. The van der Waals surface area contributed by atoms with E-state index in [1.807, 2.05) is 47.3 Å². The Kier molecular flexibility index (Phi) is 7.33. The molecule has 0 radical (unpaired) electrons.